The van der Waals surface area contributed by atoms with Crippen molar-refractivity contribution in [3.8, 4) is 16.9 Å². The van der Waals surface area contributed by atoms with Crippen molar-refractivity contribution in [2.24, 2.45) is 0 Å². The van der Waals surface area contributed by atoms with E-state index in [1.165, 1.54) is 11.1 Å². The van der Waals surface area contributed by atoms with Crippen molar-refractivity contribution in [2.75, 3.05) is 18.1 Å². The number of esters is 2. The van der Waals surface area contributed by atoms with E-state index < -0.39 is 18.0 Å². The third kappa shape index (κ3) is 8.23. The number of carbonyl (C=O) groups excluding carboxylic acids is 2. The Balaban J connectivity index is 1.51. The van der Waals surface area contributed by atoms with Gasteiger partial charge in [-0.25, -0.2) is 9.59 Å². The zero-order chi connectivity index (χ0) is 30.9. The number of carbonyl (C=O) groups is 2. The van der Waals surface area contributed by atoms with Crippen molar-refractivity contribution < 1.29 is 23.8 Å². The fraction of sp³-hybridized carbons (Fsp3) is 0.189. The highest BCUT2D eigenvalue weighted by Gasteiger charge is 2.18. The second kappa shape index (κ2) is 14.2. The van der Waals surface area contributed by atoms with Crippen LogP contribution in [0.2, 0.25) is 0 Å². The molecule has 0 bridgehead atoms. The van der Waals surface area contributed by atoms with Crippen molar-refractivity contribution in [1.82, 2.24) is 0 Å². The van der Waals surface area contributed by atoms with Gasteiger partial charge in [0.2, 0.25) is 0 Å². The summed E-state index contributed by atoms with van der Waals surface area (Å²) in [5.74, 6) is -0.599. The molecule has 6 nitrogen and oxygen atoms in total. The zero-order valence-corrected chi connectivity index (χ0v) is 25.1. The van der Waals surface area contributed by atoms with Gasteiger partial charge in [0.05, 0.1) is 0 Å². The number of hydrogen-bond acceptors (Lipinski definition) is 6. The highest BCUT2D eigenvalue weighted by atomic mass is 16.6. The summed E-state index contributed by atoms with van der Waals surface area (Å²) in [6, 6.07) is 31.2. The lowest BCUT2D eigenvalue weighted by Gasteiger charge is -2.26. The minimum Gasteiger partial charge on any atom is -0.490 e. The Morgan fingerprint density at radius 3 is 1.86 bits per heavy atom. The molecular weight excluding hydrogens is 538 g/mol. The topological polar surface area (TPSA) is 65.1 Å². The number of aryl methyl sites for hydroxylation is 3. The van der Waals surface area contributed by atoms with Gasteiger partial charge in [-0.05, 0) is 92.9 Å². The first-order valence-electron chi connectivity index (χ1n) is 14.1. The van der Waals surface area contributed by atoms with Gasteiger partial charge in [0.1, 0.15) is 19.0 Å². The van der Waals surface area contributed by atoms with Crippen molar-refractivity contribution in [2.45, 2.75) is 33.8 Å². The van der Waals surface area contributed by atoms with Gasteiger partial charge in [0, 0.05) is 28.7 Å². The fourth-order valence-corrected chi connectivity index (χ4v) is 4.49. The molecule has 0 heterocycles. The first kappa shape index (κ1) is 30.8. The molecule has 0 aliphatic rings. The Kier molecular flexibility index (Phi) is 10.2. The lowest BCUT2D eigenvalue weighted by atomic mass is 9.99. The largest absolute Gasteiger partial charge is 0.490 e. The van der Waals surface area contributed by atoms with Gasteiger partial charge < -0.3 is 19.1 Å². The van der Waals surface area contributed by atoms with Gasteiger partial charge >= 0.3 is 11.9 Å². The van der Waals surface area contributed by atoms with E-state index >= 15 is 0 Å². The van der Waals surface area contributed by atoms with Crippen LogP contribution in [0.5, 0.6) is 5.75 Å². The van der Waals surface area contributed by atoms with E-state index in [9.17, 15) is 9.59 Å². The van der Waals surface area contributed by atoms with Gasteiger partial charge in [0.15, 0.2) is 6.10 Å². The third-order valence-electron chi connectivity index (χ3n) is 6.85. The molecule has 0 aromatic heterocycles. The summed E-state index contributed by atoms with van der Waals surface area (Å²) in [4.78, 5) is 25.8. The lowest BCUT2D eigenvalue weighted by molar-refractivity contribution is -0.154. The summed E-state index contributed by atoms with van der Waals surface area (Å²) in [7, 11) is 0. The molecule has 0 saturated heterocycles. The predicted molar refractivity (Wildman–Crippen MR) is 172 cm³/mol. The molecule has 1 unspecified atom stereocenters. The van der Waals surface area contributed by atoms with E-state index in [4.69, 9.17) is 14.2 Å². The van der Waals surface area contributed by atoms with E-state index in [2.05, 4.69) is 106 Å². The van der Waals surface area contributed by atoms with Gasteiger partial charge in [-0.15, -0.1) is 0 Å². The van der Waals surface area contributed by atoms with Crippen molar-refractivity contribution >= 4 is 29.0 Å². The van der Waals surface area contributed by atoms with Crippen LogP contribution in [0.1, 0.15) is 23.6 Å². The van der Waals surface area contributed by atoms with Crippen LogP contribution in [0.15, 0.2) is 116 Å². The van der Waals surface area contributed by atoms with E-state index in [0.717, 1.165) is 39.8 Å². The molecule has 0 aliphatic heterocycles. The minimum atomic E-state index is -0.798. The molecule has 0 fully saturated rings. The average Bonchev–Trinajstić information content (AvgIpc) is 3.00. The molecule has 0 saturated carbocycles. The molecule has 0 N–H and O–H groups in total. The van der Waals surface area contributed by atoms with Gasteiger partial charge in [-0.2, -0.15) is 0 Å². The summed E-state index contributed by atoms with van der Waals surface area (Å²) in [5.41, 5.74) is 9.21. The summed E-state index contributed by atoms with van der Waals surface area (Å²) < 4.78 is 16.3. The first-order chi connectivity index (χ1) is 20.6. The monoisotopic (exact) mass is 575 g/mol. The predicted octanol–water partition coefficient (Wildman–Crippen LogP) is 8.34. The first-order valence-corrected chi connectivity index (χ1v) is 14.1. The second-order valence-corrected chi connectivity index (χ2v) is 10.5. The molecular formula is C37H37NO5. The quantitative estimate of drug-likeness (QED) is 0.125. The van der Waals surface area contributed by atoms with E-state index in [0.29, 0.717) is 5.75 Å². The maximum atomic E-state index is 11.8. The number of nitrogens with zero attached hydrogens (tertiary/aromatic N) is 1. The lowest BCUT2D eigenvalue weighted by Crippen LogP contribution is -2.30. The molecule has 0 radical (unpaired) electrons. The maximum absolute atomic E-state index is 11.8. The van der Waals surface area contributed by atoms with Gasteiger partial charge in [-0.1, -0.05) is 66.7 Å². The van der Waals surface area contributed by atoms with Crippen LogP contribution in [-0.2, 0) is 19.1 Å². The zero-order valence-electron chi connectivity index (χ0n) is 25.1. The Labute approximate surface area is 253 Å². The smallest absolute Gasteiger partial charge is 0.333 e. The molecule has 0 spiro atoms. The molecule has 0 amide bonds. The maximum Gasteiger partial charge on any atom is 0.333 e. The number of benzene rings is 4. The van der Waals surface area contributed by atoms with Crippen LogP contribution in [-0.4, -0.2) is 31.3 Å². The van der Waals surface area contributed by atoms with Crippen molar-refractivity contribution in [3.05, 3.63) is 132 Å². The standard InChI is InChI=1S/C37H37NO5/c1-7-36(39)43-34(24-42-37(40)25(2)3)23-41-33-19-12-29(13-20-33)35-21-18-32(22-28(35)6)38(30-14-8-26(4)9-15-30)31-16-10-27(5)11-17-31/h7-22,34H,1-2,23-24H2,3-6H3. The van der Waals surface area contributed by atoms with Crippen molar-refractivity contribution in [1.29, 1.82) is 0 Å². The van der Waals surface area contributed by atoms with Gasteiger partial charge in [0.25, 0.3) is 0 Å². The summed E-state index contributed by atoms with van der Waals surface area (Å²) >= 11 is 0. The van der Waals surface area contributed by atoms with Crippen LogP contribution in [0.4, 0.5) is 17.1 Å². The van der Waals surface area contributed by atoms with Crippen LogP contribution >= 0.6 is 0 Å². The van der Waals surface area contributed by atoms with Crippen LogP contribution < -0.4 is 9.64 Å². The van der Waals surface area contributed by atoms with E-state index in [-0.39, 0.29) is 18.8 Å². The second-order valence-electron chi connectivity index (χ2n) is 10.5. The number of ether oxygens (including phenoxy) is 3. The molecule has 1 atom stereocenters. The third-order valence-corrected chi connectivity index (χ3v) is 6.85. The van der Waals surface area contributed by atoms with E-state index in [1.807, 2.05) is 24.3 Å². The summed E-state index contributed by atoms with van der Waals surface area (Å²) in [6.45, 7) is 14.7. The number of hydrogen-bond donors (Lipinski definition) is 0. The Morgan fingerprint density at radius 1 is 0.791 bits per heavy atom. The van der Waals surface area contributed by atoms with Crippen LogP contribution in [0.25, 0.3) is 11.1 Å². The number of rotatable bonds is 12. The minimum absolute atomic E-state index is 0.00395. The highest BCUT2D eigenvalue weighted by molar-refractivity contribution is 5.87. The SMILES string of the molecule is C=CC(=O)OC(COC(=O)C(=C)C)COc1ccc(-c2ccc(N(c3ccc(C)cc3)c3ccc(C)cc3)cc2C)cc1. The summed E-state index contributed by atoms with van der Waals surface area (Å²) in [6.07, 6.45) is 0.254. The van der Waals surface area contributed by atoms with Gasteiger partial charge in [-0.3, -0.25) is 0 Å². The normalized spacial score (nSPS) is 11.3. The Bertz CT molecular complexity index is 1540. The fourth-order valence-electron chi connectivity index (χ4n) is 4.49. The number of anilines is 3. The Hall–Kier alpha value is -5.10. The van der Waals surface area contributed by atoms with Crippen molar-refractivity contribution in [3.63, 3.8) is 0 Å². The molecule has 0 aliphatic carbocycles. The highest BCUT2D eigenvalue weighted by Crippen LogP contribution is 2.37. The van der Waals surface area contributed by atoms with Crippen LogP contribution in [0, 0.1) is 20.8 Å². The molecule has 4 aromatic rings. The van der Waals surface area contributed by atoms with E-state index in [1.54, 1.807) is 6.92 Å². The molecule has 6 heteroatoms. The molecule has 43 heavy (non-hydrogen) atoms. The summed E-state index contributed by atoms with van der Waals surface area (Å²) in [5, 5.41) is 0. The molecule has 220 valence electrons. The Morgan fingerprint density at radius 2 is 1.35 bits per heavy atom. The molecule has 4 rings (SSSR count). The van der Waals surface area contributed by atoms with Crippen LogP contribution in [0.3, 0.4) is 0 Å². The molecule has 4 aromatic carbocycles. The average molecular weight is 576 g/mol.